The molecule has 0 bridgehead atoms. The van der Waals surface area contributed by atoms with Crippen molar-refractivity contribution in [3.05, 3.63) is 0 Å². The third kappa shape index (κ3) is 10.2. The summed E-state index contributed by atoms with van der Waals surface area (Å²) in [5.41, 5.74) is 0. The monoisotopic (exact) mass is 254 g/mol. The minimum atomic E-state index is -1.18. The zero-order chi connectivity index (χ0) is 12.6. The molecule has 1 amide bonds. The summed E-state index contributed by atoms with van der Waals surface area (Å²) in [6.07, 6.45) is -1.18. The van der Waals surface area contributed by atoms with Crippen molar-refractivity contribution in [1.82, 2.24) is 8.61 Å². The Labute approximate surface area is 104 Å². The molecule has 92 valence electrons. The van der Waals surface area contributed by atoms with Crippen LogP contribution in [0.3, 0.4) is 0 Å². The van der Waals surface area contributed by atoms with Crippen LogP contribution < -0.4 is 0 Å². The van der Waals surface area contributed by atoms with E-state index in [2.05, 4.69) is 65.1 Å². The number of hydrogen-bond donors (Lipinski definition) is 3. The number of amides is 1. The molecule has 1 N–H and O–H groups in total. The molecule has 0 radical (unpaired) electrons. The Balaban J connectivity index is 0. The van der Waals surface area contributed by atoms with E-state index in [-0.39, 0.29) is 0 Å². The molecule has 15 heavy (non-hydrogen) atoms. The summed E-state index contributed by atoms with van der Waals surface area (Å²) < 4.78 is 0.472. The smallest absolute Gasteiger partial charge is 0.427 e. The number of hydrogen-bond acceptors (Lipinski definition) is 4. The fourth-order valence-corrected chi connectivity index (χ4v) is 1.33. The first kappa shape index (κ1) is 17.3. The first-order chi connectivity index (χ1) is 6.73. The minimum Gasteiger partial charge on any atom is -0.464 e. The van der Waals surface area contributed by atoms with Crippen LogP contribution in [0.2, 0.25) is 0 Å². The van der Waals surface area contributed by atoms with E-state index in [0.717, 1.165) is 6.54 Å². The maximum atomic E-state index is 9.47. The summed E-state index contributed by atoms with van der Waals surface area (Å²) in [4.78, 5) is 11.9. The van der Waals surface area contributed by atoms with E-state index >= 15 is 0 Å². The molecule has 0 saturated carbocycles. The van der Waals surface area contributed by atoms with Crippen LogP contribution in [0.4, 0.5) is 4.79 Å². The van der Waals surface area contributed by atoms with E-state index in [4.69, 9.17) is 5.11 Å². The molecule has 0 fully saturated rings. The summed E-state index contributed by atoms with van der Waals surface area (Å²) in [7, 11) is 0. The molecule has 0 atom stereocenters. The molecular formula is C9H22N2O2S2. The van der Waals surface area contributed by atoms with E-state index in [1.165, 1.54) is 0 Å². The highest BCUT2D eigenvalue weighted by Gasteiger charge is 2.08. The van der Waals surface area contributed by atoms with Crippen LogP contribution >= 0.6 is 25.6 Å². The summed E-state index contributed by atoms with van der Waals surface area (Å²) in [6, 6.07) is 1.38. The molecule has 0 spiro atoms. The van der Waals surface area contributed by atoms with Gasteiger partial charge in [-0.1, -0.05) is 6.92 Å². The molecule has 4 nitrogen and oxygen atoms in total. The van der Waals surface area contributed by atoms with Crippen molar-refractivity contribution >= 4 is 31.7 Å². The van der Waals surface area contributed by atoms with Crippen LogP contribution in [0.5, 0.6) is 0 Å². The predicted octanol–water partition coefficient (Wildman–Crippen LogP) is 2.78. The molecule has 0 aliphatic rings. The Bertz CT molecular complexity index is 167. The topological polar surface area (TPSA) is 43.8 Å². The number of thiol groups is 2. The Kier molecular flexibility index (Phi) is 10.6. The van der Waals surface area contributed by atoms with Gasteiger partial charge < -0.3 is 5.11 Å². The van der Waals surface area contributed by atoms with Gasteiger partial charge in [-0.3, -0.25) is 4.90 Å². The van der Waals surface area contributed by atoms with Crippen molar-refractivity contribution < 1.29 is 9.90 Å². The van der Waals surface area contributed by atoms with Gasteiger partial charge in [0.1, 0.15) is 0 Å². The van der Waals surface area contributed by atoms with Gasteiger partial charge in [-0.15, -0.1) is 0 Å². The van der Waals surface area contributed by atoms with Crippen molar-refractivity contribution in [3.63, 3.8) is 0 Å². The third-order valence-corrected chi connectivity index (χ3v) is 2.21. The van der Waals surface area contributed by atoms with Crippen LogP contribution in [0.1, 0.15) is 34.6 Å². The normalized spacial score (nSPS) is 10.3. The second kappa shape index (κ2) is 9.18. The maximum absolute atomic E-state index is 9.47. The average molecular weight is 254 g/mol. The molecule has 0 rings (SSSR count). The molecule has 0 unspecified atom stereocenters. The second-order valence-corrected chi connectivity index (χ2v) is 4.71. The van der Waals surface area contributed by atoms with Gasteiger partial charge in [-0.05, 0) is 59.9 Å². The Morgan fingerprint density at radius 3 is 1.47 bits per heavy atom. The lowest BCUT2D eigenvalue weighted by Gasteiger charge is -2.28. The van der Waals surface area contributed by atoms with Crippen LogP contribution in [0, 0.1) is 0 Å². The number of nitrogens with zero attached hydrogens (tertiary/aromatic N) is 2. The van der Waals surface area contributed by atoms with Crippen LogP contribution in [0.15, 0.2) is 0 Å². The summed E-state index contributed by atoms with van der Waals surface area (Å²) >= 11 is 6.58. The van der Waals surface area contributed by atoms with Crippen molar-refractivity contribution in [2.75, 3.05) is 6.54 Å². The van der Waals surface area contributed by atoms with Crippen LogP contribution in [0.25, 0.3) is 0 Å². The van der Waals surface area contributed by atoms with Crippen LogP contribution in [-0.4, -0.2) is 38.4 Å². The SMILES string of the molecule is CCN(C(C)C)C(C)C.O=C(O)N(S)S. The Hall–Kier alpha value is -0.0700. The summed E-state index contributed by atoms with van der Waals surface area (Å²) in [6.45, 7) is 12.3. The van der Waals surface area contributed by atoms with Gasteiger partial charge >= 0.3 is 6.09 Å². The summed E-state index contributed by atoms with van der Waals surface area (Å²) in [5, 5.41) is 7.76. The van der Waals surface area contributed by atoms with Gasteiger partial charge in [0, 0.05) is 12.1 Å². The van der Waals surface area contributed by atoms with Gasteiger partial charge in [0.2, 0.25) is 0 Å². The molecule has 0 aromatic heterocycles. The van der Waals surface area contributed by atoms with Gasteiger partial charge in [-0.2, -0.15) is 3.71 Å². The zero-order valence-corrected chi connectivity index (χ0v) is 11.8. The largest absolute Gasteiger partial charge is 0.464 e. The lowest BCUT2D eigenvalue weighted by molar-refractivity contribution is 0.185. The maximum Gasteiger partial charge on any atom is 0.427 e. The molecular weight excluding hydrogens is 232 g/mol. The predicted molar refractivity (Wildman–Crippen MR) is 70.5 cm³/mol. The first-order valence-electron chi connectivity index (χ1n) is 4.90. The fraction of sp³-hybridized carbons (Fsp3) is 0.889. The highest BCUT2D eigenvalue weighted by molar-refractivity contribution is 7.94. The lowest BCUT2D eigenvalue weighted by atomic mass is 10.2. The third-order valence-electron chi connectivity index (χ3n) is 1.86. The number of carboxylic acid groups (broad SMARTS) is 1. The van der Waals surface area contributed by atoms with E-state index in [0.29, 0.717) is 15.8 Å². The molecule has 0 aromatic carbocycles. The van der Waals surface area contributed by atoms with E-state index in [1.807, 2.05) is 0 Å². The van der Waals surface area contributed by atoms with Gasteiger partial charge in [0.25, 0.3) is 0 Å². The quantitative estimate of drug-likeness (QED) is 0.679. The average Bonchev–Trinajstić information content (AvgIpc) is 2.04. The van der Waals surface area contributed by atoms with E-state index in [9.17, 15) is 4.79 Å². The van der Waals surface area contributed by atoms with E-state index < -0.39 is 6.09 Å². The van der Waals surface area contributed by atoms with Crippen molar-refractivity contribution in [1.29, 1.82) is 0 Å². The highest BCUT2D eigenvalue weighted by atomic mass is 32.2. The van der Waals surface area contributed by atoms with Crippen molar-refractivity contribution in [2.45, 2.75) is 46.7 Å². The second-order valence-electron chi connectivity index (χ2n) is 3.59. The van der Waals surface area contributed by atoms with Crippen LogP contribution in [-0.2, 0) is 0 Å². The minimum absolute atomic E-state index is 0.472. The van der Waals surface area contributed by atoms with Crippen molar-refractivity contribution in [3.8, 4) is 0 Å². The highest BCUT2D eigenvalue weighted by Crippen LogP contribution is 2.02. The van der Waals surface area contributed by atoms with Gasteiger partial charge in [0.15, 0.2) is 0 Å². The zero-order valence-electron chi connectivity index (χ0n) is 10.0. The number of carbonyl (C=O) groups is 1. The van der Waals surface area contributed by atoms with Gasteiger partial charge in [-0.25, -0.2) is 4.79 Å². The Morgan fingerprint density at radius 1 is 1.20 bits per heavy atom. The standard InChI is InChI=1S/C8H19N.CH3NO2S2/c1-6-9(7(2)3)8(4)5;3-1(4)2(5)6/h7-8H,6H2,1-5H3;5-6H,(H,3,4). The first-order valence-corrected chi connectivity index (χ1v) is 5.70. The molecule has 0 aliphatic heterocycles. The number of rotatable bonds is 3. The molecule has 0 aromatic rings. The molecule has 0 heterocycles. The van der Waals surface area contributed by atoms with Crippen molar-refractivity contribution in [2.24, 2.45) is 0 Å². The molecule has 0 aliphatic carbocycles. The van der Waals surface area contributed by atoms with Gasteiger partial charge in [0.05, 0.1) is 0 Å². The lowest BCUT2D eigenvalue weighted by Crippen LogP contribution is -2.36. The fourth-order valence-electron chi connectivity index (χ4n) is 1.33. The molecule has 6 heteroatoms. The summed E-state index contributed by atoms with van der Waals surface area (Å²) in [5.74, 6) is 0. The Morgan fingerprint density at radius 2 is 1.47 bits per heavy atom. The van der Waals surface area contributed by atoms with E-state index in [1.54, 1.807) is 0 Å². The molecule has 0 saturated heterocycles.